The topological polar surface area (TPSA) is 59.6 Å². The van der Waals surface area contributed by atoms with Crippen molar-refractivity contribution in [3.8, 4) is 11.5 Å². The van der Waals surface area contributed by atoms with Gasteiger partial charge in [0.15, 0.2) is 11.5 Å². The molecule has 0 aromatic heterocycles. The van der Waals surface area contributed by atoms with Crippen LogP contribution in [0.3, 0.4) is 0 Å². The van der Waals surface area contributed by atoms with Crippen LogP contribution in [0.5, 0.6) is 11.5 Å². The fourth-order valence-corrected chi connectivity index (χ4v) is 2.26. The molecular weight excluding hydrogens is 292 g/mol. The minimum atomic E-state index is -0.213. The summed E-state index contributed by atoms with van der Waals surface area (Å²) in [6.07, 6.45) is 4.72. The van der Waals surface area contributed by atoms with Crippen molar-refractivity contribution in [3.05, 3.63) is 35.9 Å². The molecule has 3 rings (SSSR count). The largest absolute Gasteiger partial charge is 0.490 e. The van der Waals surface area contributed by atoms with E-state index in [0.29, 0.717) is 19.8 Å². The predicted octanol–water partition coefficient (Wildman–Crippen LogP) is 1.41. The van der Waals surface area contributed by atoms with Gasteiger partial charge >= 0.3 is 0 Å². The van der Waals surface area contributed by atoms with Gasteiger partial charge in [-0.25, -0.2) is 0 Å². The van der Waals surface area contributed by atoms with E-state index in [9.17, 15) is 4.79 Å². The molecule has 114 valence electrons. The van der Waals surface area contributed by atoms with Crippen molar-refractivity contribution in [1.29, 1.82) is 0 Å². The highest BCUT2D eigenvalue weighted by Gasteiger charge is 2.17. The summed E-state index contributed by atoms with van der Waals surface area (Å²) in [4.78, 5) is 11.9. The summed E-state index contributed by atoms with van der Waals surface area (Å²) in [7, 11) is 0. The fourth-order valence-electron chi connectivity index (χ4n) is 2.26. The lowest BCUT2D eigenvalue weighted by Gasteiger charge is -2.12. The van der Waals surface area contributed by atoms with E-state index in [4.69, 9.17) is 9.47 Å². The molecule has 2 aliphatic rings. The Kier molecular flexibility index (Phi) is 5.47. The smallest absolute Gasteiger partial charge is 0.241 e. The van der Waals surface area contributed by atoms with Gasteiger partial charge in [0.2, 0.25) is 5.91 Å². The van der Waals surface area contributed by atoms with Gasteiger partial charge in [0.1, 0.15) is 6.04 Å². The minimum Gasteiger partial charge on any atom is -0.490 e. The van der Waals surface area contributed by atoms with E-state index in [1.165, 1.54) is 0 Å². The van der Waals surface area contributed by atoms with E-state index in [2.05, 4.69) is 10.6 Å². The average Bonchev–Trinajstić information content (AvgIpc) is 2.90. The van der Waals surface area contributed by atoms with E-state index in [-0.39, 0.29) is 24.4 Å². The summed E-state index contributed by atoms with van der Waals surface area (Å²) in [6.45, 7) is 2.59. The summed E-state index contributed by atoms with van der Waals surface area (Å²) in [5.41, 5.74) is 1.00. The number of carbonyl (C=O) groups excluding carboxylic acids is 1. The Morgan fingerprint density at radius 3 is 2.86 bits per heavy atom. The Balaban J connectivity index is 0.00000161. The van der Waals surface area contributed by atoms with E-state index < -0.39 is 0 Å². The number of benzene rings is 1. The van der Waals surface area contributed by atoms with Crippen molar-refractivity contribution in [1.82, 2.24) is 10.6 Å². The number of hydrogen-bond acceptors (Lipinski definition) is 4. The molecule has 1 atom stereocenters. The van der Waals surface area contributed by atoms with Crippen molar-refractivity contribution in [2.45, 2.75) is 19.0 Å². The number of fused-ring (bicyclic) bond motifs is 1. The molecule has 1 unspecified atom stereocenters. The summed E-state index contributed by atoms with van der Waals surface area (Å²) in [5, 5.41) is 6.00. The summed E-state index contributed by atoms with van der Waals surface area (Å²) in [6, 6.07) is 5.57. The van der Waals surface area contributed by atoms with Crippen molar-refractivity contribution in [2.75, 3.05) is 19.8 Å². The summed E-state index contributed by atoms with van der Waals surface area (Å²) in [5.74, 6) is 1.52. The molecule has 6 heteroatoms. The third kappa shape index (κ3) is 3.89. The van der Waals surface area contributed by atoms with Gasteiger partial charge in [-0.15, -0.1) is 12.4 Å². The van der Waals surface area contributed by atoms with Crippen LogP contribution in [0.15, 0.2) is 30.4 Å². The number of ether oxygens (including phenoxy) is 2. The van der Waals surface area contributed by atoms with Gasteiger partial charge in [-0.1, -0.05) is 18.2 Å². The molecule has 2 N–H and O–H groups in total. The first-order valence-corrected chi connectivity index (χ1v) is 6.89. The van der Waals surface area contributed by atoms with Crippen molar-refractivity contribution in [3.63, 3.8) is 0 Å². The lowest BCUT2D eigenvalue weighted by Crippen LogP contribution is -2.40. The molecule has 1 amide bonds. The van der Waals surface area contributed by atoms with E-state index in [0.717, 1.165) is 30.0 Å². The third-order valence-electron chi connectivity index (χ3n) is 3.35. The van der Waals surface area contributed by atoms with Crippen LogP contribution in [0.1, 0.15) is 12.0 Å². The number of rotatable bonds is 3. The van der Waals surface area contributed by atoms with E-state index in [1.54, 1.807) is 0 Å². The van der Waals surface area contributed by atoms with Crippen LogP contribution in [-0.2, 0) is 11.3 Å². The summed E-state index contributed by atoms with van der Waals surface area (Å²) < 4.78 is 11.2. The molecule has 0 spiro atoms. The molecule has 0 bridgehead atoms. The second-order valence-corrected chi connectivity index (χ2v) is 4.86. The predicted molar refractivity (Wildman–Crippen MR) is 82.1 cm³/mol. The number of carbonyl (C=O) groups is 1. The zero-order valence-electron chi connectivity index (χ0n) is 11.6. The van der Waals surface area contributed by atoms with Crippen molar-refractivity contribution >= 4 is 18.3 Å². The number of hydrogen-bond donors (Lipinski definition) is 2. The maximum Gasteiger partial charge on any atom is 0.241 e. The Labute approximate surface area is 130 Å². The maximum absolute atomic E-state index is 11.9. The Bertz CT molecular complexity index is 534. The van der Waals surface area contributed by atoms with Gasteiger partial charge < -0.3 is 14.8 Å². The van der Waals surface area contributed by atoms with Crippen LogP contribution in [0.2, 0.25) is 0 Å². The van der Waals surface area contributed by atoms with E-state index >= 15 is 0 Å². The normalized spacial score (nSPS) is 19.5. The number of nitrogens with one attached hydrogen (secondary N) is 2. The molecule has 1 aromatic carbocycles. The first kappa shape index (κ1) is 15.7. The van der Waals surface area contributed by atoms with Gasteiger partial charge in [-0.3, -0.25) is 10.1 Å². The fraction of sp³-hybridized carbons (Fsp3) is 0.400. The van der Waals surface area contributed by atoms with Gasteiger partial charge in [-0.05, 0) is 17.7 Å². The van der Waals surface area contributed by atoms with Crippen LogP contribution in [0.25, 0.3) is 0 Å². The van der Waals surface area contributed by atoms with Crippen LogP contribution >= 0.6 is 12.4 Å². The van der Waals surface area contributed by atoms with Crippen LogP contribution in [-0.4, -0.2) is 31.7 Å². The third-order valence-corrected chi connectivity index (χ3v) is 3.35. The Morgan fingerprint density at radius 1 is 1.29 bits per heavy atom. The highest BCUT2D eigenvalue weighted by Crippen LogP contribution is 2.30. The van der Waals surface area contributed by atoms with E-state index in [1.807, 2.05) is 30.4 Å². The Hall–Kier alpha value is -1.72. The molecule has 0 aliphatic carbocycles. The van der Waals surface area contributed by atoms with Crippen LogP contribution in [0, 0.1) is 0 Å². The average molecular weight is 311 g/mol. The monoisotopic (exact) mass is 310 g/mol. The summed E-state index contributed by atoms with van der Waals surface area (Å²) >= 11 is 0. The second kappa shape index (κ2) is 7.33. The zero-order valence-corrected chi connectivity index (χ0v) is 12.4. The molecular formula is C15H19ClN2O3. The molecule has 0 radical (unpaired) electrons. The SMILES string of the molecule is Cl.O=C(NCc1ccc2c(c1)OCCCO2)C1C=CCN1. The molecule has 0 saturated carbocycles. The molecule has 2 aliphatic heterocycles. The highest BCUT2D eigenvalue weighted by molar-refractivity contribution is 5.85. The quantitative estimate of drug-likeness (QED) is 0.829. The Morgan fingerprint density at radius 2 is 2.10 bits per heavy atom. The molecule has 21 heavy (non-hydrogen) atoms. The molecule has 1 aromatic rings. The molecule has 5 nitrogen and oxygen atoms in total. The van der Waals surface area contributed by atoms with Gasteiger partial charge in [0.05, 0.1) is 13.2 Å². The zero-order chi connectivity index (χ0) is 13.8. The maximum atomic E-state index is 11.9. The lowest BCUT2D eigenvalue weighted by atomic mass is 10.2. The minimum absolute atomic E-state index is 0. The first-order valence-electron chi connectivity index (χ1n) is 6.89. The number of amides is 1. The van der Waals surface area contributed by atoms with Crippen molar-refractivity contribution < 1.29 is 14.3 Å². The van der Waals surface area contributed by atoms with Crippen LogP contribution in [0.4, 0.5) is 0 Å². The van der Waals surface area contributed by atoms with Gasteiger partial charge in [0, 0.05) is 19.5 Å². The van der Waals surface area contributed by atoms with Gasteiger partial charge in [-0.2, -0.15) is 0 Å². The molecule has 2 heterocycles. The van der Waals surface area contributed by atoms with Gasteiger partial charge in [0.25, 0.3) is 0 Å². The lowest BCUT2D eigenvalue weighted by molar-refractivity contribution is -0.122. The second-order valence-electron chi connectivity index (χ2n) is 4.86. The van der Waals surface area contributed by atoms with Crippen molar-refractivity contribution in [2.24, 2.45) is 0 Å². The first-order chi connectivity index (χ1) is 9.83. The standard InChI is InChI=1S/C15H18N2O3.ClH/c18-15(12-3-1-6-16-12)17-10-11-4-5-13-14(9-11)20-8-2-7-19-13;/h1,3-5,9,12,16H,2,6-8,10H2,(H,17,18);1H. The molecule has 0 fully saturated rings. The van der Waals surface area contributed by atoms with Crippen LogP contribution < -0.4 is 20.1 Å². The molecule has 0 saturated heterocycles. The number of halogens is 1. The highest BCUT2D eigenvalue weighted by atomic mass is 35.5.